The Balaban J connectivity index is 2.80. The van der Waals surface area contributed by atoms with E-state index in [-0.39, 0.29) is 5.41 Å². The molecular weight excluding hydrogens is 234 g/mol. The topological polar surface area (TPSA) is 37.0 Å². The number of nitrogens with one attached hydrogen (secondary N) is 2. The van der Waals surface area contributed by atoms with Crippen molar-refractivity contribution in [3.8, 4) is 0 Å². The van der Waals surface area contributed by atoms with Gasteiger partial charge in [-0.05, 0) is 38.8 Å². The van der Waals surface area contributed by atoms with Crippen molar-refractivity contribution in [1.82, 2.24) is 10.3 Å². The minimum Gasteiger partial charge on any atom is -0.392 e. The van der Waals surface area contributed by atoms with E-state index < -0.39 is 0 Å². The van der Waals surface area contributed by atoms with Gasteiger partial charge in [0, 0.05) is 30.9 Å². The van der Waals surface area contributed by atoms with E-state index >= 15 is 0 Å². The Hall–Kier alpha value is -1.51. The second-order valence-electron chi connectivity index (χ2n) is 5.70. The van der Waals surface area contributed by atoms with Crippen molar-refractivity contribution in [2.75, 3.05) is 19.4 Å². The fourth-order valence-corrected chi connectivity index (χ4v) is 1.98. The van der Waals surface area contributed by atoms with Crippen molar-refractivity contribution >= 4 is 5.82 Å². The number of aromatic nitrogens is 1. The van der Waals surface area contributed by atoms with Gasteiger partial charge in [-0.3, -0.25) is 0 Å². The highest BCUT2D eigenvalue weighted by molar-refractivity contribution is 5.36. The Morgan fingerprint density at radius 3 is 2.47 bits per heavy atom. The Bertz CT molecular complexity index is 447. The van der Waals surface area contributed by atoms with Crippen LogP contribution >= 0.6 is 0 Å². The van der Waals surface area contributed by atoms with Crippen molar-refractivity contribution in [2.24, 2.45) is 0 Å². The molecule has 0 aromatic carbocycles. The van der Waals surface area contributed by atoms with Gasteiger partial charge in [0.15, 0.2) is 0 Å². The van der Waals surface area contributed by atoms with Crippen molar-refractivity contribution in [3.05, 3.63) is 35.2 Å². The van der Waals surface area contributed by atoms with E-state index in [1.54, 1.807) is 0 Å². The zero-order valence-electron chi connectivity index (χ0n) is 13.1. The first-order valence-electron chi connectivity index (χ1n) is 6.90. The average Bonchev–Trinajstić information content (AvgIpc) is 2.43. The summed E-state index contributed by atoms with van der Waals surface area (Å²) in [6, 6.07) is 6.18. The fourth-order valence-electron chi connectivity index (χ4n) is 1.98. The molecule has 0 aliphatic carbocycles. The maximum Gasteiger partial charge on any atom is 0.125 e. The summed E-state index contributed by atoms with van der Waals surface area (Å²) >= 11 is 0. The number of rotatable bonds is 6. The van der Waals surface area contributed by atoms with Gasteiger partial charge in [-0.15, -0.1) is 0 Å². The molecular formula is C16H27N3. The molecule has 0 fully saturated rings. The van der Waals surface area contributed by atoms with Crippen molar-refractivity contribution < 1.29 is 0 Å². The van der Waals surface area contributed by atoms with E-state index in [1.807, 2.05) is 20.2 Å². The summed E-state index contributed by atoms with van der Waals surface area (Å²) in [5, 5.41) is 6.31. The molecule has 0 saturated carbocycles. The van der Waals surface area contributed by atoms with Gasteiger partial charge < -0.3 is 10.6 Å². The van der Waals surface area contributed by atoms with Gasteiger partial charge in [-0.1, -0.05) is 25.5 Å². The molecule has 1 aromatic rings. The third-order valence-electron chi connectivity index (χ3n) is 3.84. The third-order valence-corrected chi connectivity index (χ3v) is 3.84. The van der Waals surface area contributed by atoms with Crippen molar-refractivity contribution in [2.45, 2.75) is 46.0 Å². The lowest BCUT2D eigenvalue weighted by Crippen LogP contribution is -2.20. The molecule has 106 valence electrons. The molecule has 1 aromatic heterocycles. The largest absolute Gasteiger partial charge is 0.392 e. The Morgan fingerprint density at radius 2 is 1.89 bits per heavy atom. The minimum absolute atomic E-state index is 0.0855. The van der Waals surface area contributed by atoms with Crippen LogP contribution in [0.2, 0.25) is 0 Å². The third kappa shape index (κ3) is 4.27. The lowest BCUT2D eigenvalue weighted by atomic mass is 9.82. The fraction of sp³-hybridized carbons (Fsp3) is 0.562. The second-order valence-corrected chi connectivity index (χ2v) is 5.70. The molecule has 0 bridgehead atoms. The molecule has 0 amide bonds. The summed E-state index contributed by atoms with van der Waals surface area (Å²) in [6.07, 6.45) is 2.18. The molecule has 19 heavy (non-hydrogen) atoms. The molecule has 1 rings (SSSR count). The van der Waals surface area contributed by atoms with Crippen LogP contribution in [0.5, 0.6) is 0 Å². The number of anilines is 1. The predicted octanol–water partition coefficient (Wildman–Crippen LogP) is 3.69. The minimum atomic E-state index is 0.0855. The Morgan fingerprint density at radius 1 is 1.21 bits per heavy atom. The summed E-state index contributed by atoms with van der Waals surface area (Å²) in [4.78, 5) is 4.66. The lowest BCUT2D eigenvalue weighted by Gasteiger charge is -2.25. The number of allylic oxidation sites excluding steroid dienone is 2. The van der Waals surface area contributed by atoms with E-state index in [9.17, 15) is 0 Å². The monoisotopic (exact) mass is 261 g/mol. The molecule has 0 spiro atoms. The second kappa shape index (κ2) is 6.60. The first-order valence-corrected chi connectivity index (χ1v) is 6.90. The Kier molecular flexibility index (Phi) is 5.40. The van der Waals surface area contributed by atoms with Crippen LogP contribution in [0.4, 0.5) is 5.82 Å². The van der Waals surface area contributed by atoms with Crippen LogP contribution in [0.3, 0.4) is 0 Å². The maximum absolute atomic E-state index is 4.66. The molecule has 0 radical (unpaired) electrons. The van der Waals surface area contributed by atoms with Gasteiger partial charge in [-0.2, -0.15) is 0 Å². The highest BCUT2D eigenvalue weighted by atomic mass is 15.0. The summed E-state index contributed by atoms with van der Waals surface area (Å²) in [6.45, 7) is 8.84. The van der Waals surface area contributed by atoms with Crippen LogP contribution in [0.1, 0.15) is 46.2 Å². The molecule has 1 heterocycles. The van der Waals surface area contributed by atoms with Gasteiger partial charge in [0.05, 0.1) is 0 Å². The molecule has 0 saturated heterocycles. The lowest BCUT2D eigenvalue weighted by molar-refractivity contribution is 0.464. The van der Waals surface area contributed by atoms with Crippen LogP contribution in [0.15, 0.2) is 29.5 Å². The SMILES string of the molecule is CN/C(C)=C(/C)CCC(C)(C)c1cccc(NC)n1. The predicted molar refractivity (Wildman–Crippen MR) is 83.5 cm³/mol. The number of nitrogens with zero attached hydrogens (tertiary/aromatic N) is 1. The highest BCUT2D eigenvalue weighted by Gasteiger charge is 2.22. The number of hydrogen-bond acceptors (Lipinski definition) is 3. The molecule has 0 aliphatic heterocycles. The normalized spacial score (nSPS) is 12.9. The molecule has 2 N–H and O–H groups in total. The molecule has 0 aliphatic rings. The van der Waals surface area contributed by atoms with E-state index in [4.69, 9.17) is 0 Å². The zero-order chi connectivity index (χ0) is 14.5. The van der Waals surface area contributed by atoms with Gasteiger partial charge in [0.1, 0.15) is 5.82 Å². The van der Waals surface area contributed by atoms with Crippen LogP contribution in [-0.2, 0) is 5.41 Å². The number of pyridine rings is 1. The summed E-state index contributed by atoms with van der Waals surface area (Å²) < 4.78 is 0. The van der Waals surface area contributed by atoms with E-state index in [2.05, 4.69) is 55.4 Å². The van der Waals surface area contributed by atoms with Crippen molar-refractivity contribution in [1.29, 1.82) is 0 Å². The molecule has 0 unspecified atom stereocenters. The van der Waals surface area contributed by atoms with Crippen LogP contribution in [0.25, 0.3) is 0 Å². The van der Waals surface area contributed by atoms with E-state index in [0.29, 0.717) is 0 Å². The van der Waals surface area contributed by atoms with Gasteiger partial charge in [-0.25, -0.2) is 4.98 Å². The van der Waals surface area contributed by atoms with E-state index in [1.165, 1.54) is 11.3 Å². The molecule has 3 heteroatoms. The van der Waals surface area contributed by atoms with Crippen molar-refractivity contribution in [3.63, 3.8) is 0 Å². The molecule has 0 atom stereocenters. The standard InChI is InChI=1S/C16H27N3/c1-12(13(2)17-5)10-11-16(3,4)14-8-7-9-15(18-6)19-14/h7-9,17H,10-11H2,1-6H3,(H,18,19)/b13-12-. The highest BCUT2D eigenvalue weighted by Crippen LogP contribution is 2.29. The number of hydrogen-bond donors (Lipinski definition) is 2. The molecule has 3 nitrogen and oxygen atoms in total. The first kappa shape index (κ1) is 15.5. The van der Waals surface area contributed by atoms with Crippen LogP contribution < -0.4 is 10.6 Å². The van der Waals surface area contributed by atoms with E-state index in [0.717, 1.165) is 24.4 Å². The summed E-state index contributed by atoms with van der Waals surface area (Å²) in [7, 11) is 3.88. The smallest absolute Gasteiger partial charge is 0.125 e. The quantitative estimate of drug-likeness (QED) is 0.820. The zero-order valence-corrected chi connectivity index (χ0v) is 13.1. The summed E-state index contributed by atoms with van der Waals surface area (Å²) in [5.74, 6) is 0.934. The first-order chi connectivity index (χ1) is 8.90. The van der Waals surface area contributed by atoms with Gasteiger partial charge >= 0.3 is 0 Å². The van der Waals surface area contributed by atoms with Gasteiger partial charge in [0.25, 0.3) is 0 Å². The Labute approximate surface area is 117 Å². The van der Waals surface area contributed by atoms with Crippen LogP contribution in [0, 0.1) is 0 Å². The van der Waals surface area contributed by atoms with Gasteiger partial charge in [0.2, 0.25) is 0 Å². The van der Waals surface area contributed by atoms with Crippen LogP contribution in [-0.4, -0.2) is 19.1 Å². The average molecular weight is 261 g/mol. The maximum atomic E-state index is 4.66. The summed E-state index contributed by atoms with van der Waals surface area (Å²) in [5.41, 5.74) is 3.92.